The predicted molar refractivity (Wildman–Crippen MR) is 68.5 cm³/mol. The Balaban J connectivity index is 1.94. The number of nitrogens with zero attached hydrogens (tertiary/aromatic N) is 2. The Kier molecular flexibility index (Phi) is 6.16. The van der Waals surface area contributed by atoms with Gasteiger partial charge in [0.05, 0.1) is 0 Å². The number of nitrogens with one attached hydrogen (secondary N) is 1. The lowest BCUT2D eigenvalue weighted by Crippen LogP contribution is -2.21. The van der Waals surface area contributed by atoms with Gasteiger partial charge in [-0.15, -0.1) is 0 Å². The Bertz CT molecular complexity index is 278. The fourth-order valence-electron chi connectivity index (χ4n) is 1.77. The number of imidazole rings is 1. The molecule has 0 aliphatic heterocycles. The molecule has 0 unspecified atom stereocenters. The highest BCUT2D eigenvalue weighted by atomic mass is 15.1. The summed E-state index contributed by atoms with van der Waals surface area (Å²) in [7, 11) is 0. The summed E-state index contributed by atoms with van der Waals surface area (Å²) < 4.78 is 2.18. The molecule has 16 heavy (non-hydrogen) atoms. The number of hydrogen-bond donors (Lipinski definition) is 1. The molecule has 0 amide bonds. The molecule has 0 saturated carbocycles. The topological polar surface area (TPSA) is 29.9 Å². The van der Waals surface area contributed by atoms with Crippen LogP contribution in [0.15, 0.2) is 12.4 Å². The van der Waals surface area contributed by atoms with Gasteiger partial charge in [-0.05, 0) is 25.8 Å². The molecular formula is C13H25N3. The van der Waals surface area contributed by atoms with Crippen LogP contribution >= 0.6 is 0 Å². The van der Waals surface area contributed by atoms with Gasteiger partial charge in [-0.1, -0.05) is 26.7 Å². The zero-order valence-corrected chi connectivity index (χ0v) is 10.9. The average Bonchev–Trinajstić information content (AvgIpc) is 2.62. The van der Waals surface area contributed by atoms with Crippen molar-refractivity contribution >= 4 is 0 Å². The van der Waals surface area contributed by atoms with E-state index in [1.165, 1.54) is 19.3 Å². The number of aromatic nitrogens is 2. The molecule has 0 aliphatic rings. The molecule has 1 N–H and O–H groups in total. The second-order valence-corrected chi connectivity index (χ2v) is 4.81. The molecule has 3 nitrogen and oxygen atoms in total. The fraction of sp³-hybridized carbons (Fsp3) is 0.769. The van der Waals surface area contributed by atoms with Crippen LogP contribution in [0.5, 0.6) is 0 Å². The molecule has 0 fully saturated rings. The lowest BCUT2D eigenvalue weighted by molar-refractivity contribution is 0.511. The summed E-state index contributed by atoms with van der Waals surface area (Å²) in [6.07, 6.45) is 7.88. The van der Waals surface area contributed by atoms with Gasteiger partial charge in [0, 0.05) is 25.5 Å². The largest absolute Gasteiger partial charge is 0.334 e. The van der Waals surface area contributed by atoms with Gasteiger partial charge in [-0.25, -0.2) is 4.98 Å². The third-order valence-corrected chi connectivity index (χ3v) is 2.84. The molecule has 1 rings (SSSR count). The van der Waals surface area contributed by atoms with Crippen LogP contribution in [0.1, 0.15) is 38.9 Å². The van der Waals surface area contributed by atoms with E-state index < -0.39 is 0 Å². The summed E-state index contributed by atoms with van der Waals surface area (Å²) in [4.78, 5) is 4.20. The van der Waals surface area contributed by atoms with Gasteiger partial charge in [0.25, 0.3) is 0 Å². The monoisotopic (exact) mass is 223 g/mol. The van der Waals surface area contributed by atoms with Crippen molar-refractivity contribution < 1.29 is 0 Å². The third-order valence-electron chi connectivity index (χ3n) is 2.84. The highest BCUT2D eigenvalue weighted by Crippen LogP contribution is 2.04. The quantitative estimate of drug-likeness (QED) is 0.687. The van der Waals surface area contributed by atoms with Gasteiger partial charge in [-0.2, -0.15) is 0 Å². The van der Waals surface area contributed by atoms with E-state index in [2.05, 4.69) is 28.7 Å². The molecule has 0 aromatic carbocycles. The normalized spacial score (nSPS) is 11.2. The van der Waals surface area contributed by atoms with Crippen LogP contribution in [-0.4, -0.2) is 22.6 Å². The number of rotatable bonds is 8. The van der Waals surface area contributed by atoms with E-state index >= 15 is 0 Å². The second-order valence-electron chi connectivity index (χ2n) is 4.81. The summed E-state index contributed by atoms with van der Waals surface area (Å²) in [5, 5.41) is 3.48. The van der Waals surface area contributed by atoms with E-state index in [4.69, 9.17) is 0 Å². The summed E-state index contributed by atoms with van der Waals surface area (Å²) in [5.74, 6) is 1.94. The summed E-state index contributed by atoms with van der Waals surface area (Å²) in [5.41, 5.74) is 0. The Morgan fingerprint density at radius 1 is 1.31 bits per heavy atom. The summed E-state index contributed by atoms with van der Waals surface area (Å²) in [6, 6.07) is 0. The van der Waals surface area contributed by atoms with E-state index in [1.807, 2.05) is 19.3 Å². The Morgan fingerprint density at radius 3 is 2.75 bits per heavy atom. The first-order valence-corrected chi connectivity index (χ1v) is 6.38. The summed E-state index contributed by atoms with van der Waals surface area (Å²) in [6.45, 7) is 9.82. The van der Waals surface area contributed by atoms with Crippen molar-refractivity contribution in [2.75, 3.05) is 13.1 Å². The predicted octanol–water partition coefficient (Wildman–Crippen LogP) is 2.61. The minimum atomic E-state index is 0.841. The van der Waals surface area contributed by atoms with E-state index in [0.717, 1.165) is 31.4 Å². The van der Waals surface area contributed by atoms with E-state index in [9.17, 15) is 0 Å². The Labute approximate surface area is 99.3 Å². The first kappa shape index (κ1) is 13.2. The van der Waals surface area contributed by atoms with Crippen molar-refractivity contribution in [1.29, 1.82) is 0 Å². The third kappa shape index (κ3) is 5.31. The van der Waals surface area contributed by atoms with E-state index in [0.29, 0.717) is 0 Å². The number of unbranched alkanes of at least 4 members (excludes halogenated alkanes) is 1. The maximum Gasteiger partial charge on any atom is 0.105 e. The maximum atomic E-state index is 4.20. The van der Waals surface area contributed by atoms with Gasteiger partial charge >= 0.3 is 0 Å². The van der Waals surface area contributed by atoms with Crippen molar-refractivity contribution in [3.63, 3.8) is 0 Å². The van der Waals surface area contributed by atoms with Crippen LogP contribution in [-0.2, 0) is 6.54 Å². The van der Waals surface area contributed by atoms with Crippen molar-refractivity contribution in [2.45, 2.75) is 46.6 Å². The standard InChI is InChI=1S/C13H25N3/c1-12(2)6-4-5-7-14-8-10-16-11-9-15-13(16)3/h9,11-12,14H,4-8,10H2,1-3H3. The molecule has 3 heteroatoms. The SMILES string of the molecule is Cc1nccn1CCNCCCCC(C)C. The lowest BCUT2D eigenvalue weighted by Gasteiger charge is -2.07. The Hall–Kier alpha value is -0.830. The smallest absolute Gasteiger partial charge is 0.105 e. The number of aryl methyl sites for hydroxylation is 1. The minimum absolute atomic E-state index is 0.841. The van der Waals surface area contributed by atoms with Crippen LogP contribution in [0.25, 0.3) is 0 Å². The van der Waals surface area contributed by atoms with E-state index in [-0.39, 0.29) is 0 Å². The molecule has 0 aliphatic carbocycles. The van der Waals surface area contributed by atoms with Crippen LogP contribution in [0.4, 0.5) is 0 Å². The molecule has 0 radical (unpaired) electrons. The zero-order chi connectivity index (χ0) is 11.8. The minimum Gasteiger partial charge on any atom is -0.334 e. The van der Waals surface area contributed by atoms with Gasteiger partial charge in [-0.3, -0.25) is 0 Å². The Morgan fingerprint density at radius 2 is 2.12 bits per heavy atom. The van der Waals surface area contributed by atoms with Crippen molar-refractivity contribution in [1.82, 2.24) is 14.9 Å². The first-order chi connectivity index (χ1) is 7.70. The van der Waals surface area contributed by atoms with Crippen LogP contribution in [0.2, 0.25) is 0 Å². The van der Waals surface area contributed by atoms with Crippen LogP contribution < -0.4 is 5.32 Å². The van der Waals surface area contributed by atoms with E-state index in [1.54, 1.807) is 0 Å². The molecule has 0 saturated heterocycles. The molecule has 1 aromatic heterocycles. The van der Waals surface area contributed by atoms with Crippen LogP contribution in [0.3, 0.4) is 0 Å². The van der Waals surface area contributed by atoms with Gasteiger partial charge in [0.2, 0.25) is 0 Å². The zero-order valence-electron chi connectivity index (χ0n) is 10.9. The lowest BCUT2D eigenvalue weighted by atomic mass is 10.1. The molecular weight excluding hydrogens is 198 g/mol. The van der Waals surface area contributed by atoms with Gasteiger partial charge < -0.3 is 9.88 Å². The molecule has 0 atom stereocenters. The molecule has 1 aromatic rings. The highest BCUT2D eigenvalue weighted by molar-refractivity contribution is 4.88. The van der Waals surface area contributed by atoms with Gasteiger partial charge in [0.1, 0.15) is 5.82 Å². The molecule has 0 bridgehead atoms. The summed E-state index contributed by atoms with van der Waals surface area (Å²) >= 11 is 0. The van der Waals surface area contributed by atoms with Crippen molar-refractivity contribution in [2.24, 2.45) is 5.92 Å². The highest BCUT2D eigenvalue weighted by Gasteiger charge is 1.96. The average molecular weight is 223 g/mol. The fourth-order valence-corrected chi connectivity index (χ4v) is 1.77. The van der Waals surface area contributed by atoms with Gasteiger partial charge in [0.15, 0.2) is 0 Å². The van der Waals surface area contributed by atoms with Crippen molar-refractivity contribution in [3.8, 4) is 0 Å². The maximum absolute atomic E-state index is 4.20. The van der Waals surface area contributed by atoms with Crippen molar-refractivity contribution in [3.05, 3.63) is 18.2 Å². The molecule has 1 heterocycles. The van der Waals surface area contributed by atoms with Crippen LogP contribution in [0, 0.1) is 12.8 Å². The first-order valence-electron chi connectivity index (χ1n) is 6.38. The molecule has 92 valence electrons. The number of hydrogen-bond acceptors (Lipinski definition) is 2. The molecule has 0 spiro atoms. The second kappa shape index (κ2) is 7.44.